The SMILES string of the molecule is O=C1NC(=O)[C@@H](c2ccccc2Br)N1. The van der Waals surface area contributed by atoms with Crippen molar-refractivity contribution in [1.82, 2.24) is 10.6 Å². The molecule has 0 unspecified atom stereocenters. The van der Waals surface area contributed by atoms with Crippen LogP contribution in [0, 0.1) is 0 Å². The van der Waals surface area contributed by atoms with Gasteiger partial charge in [0, 0.05) is 4.47 Å². The smallest absolute Gasteiger partial charge is 0.322 e. The van der Waals surface area contributed by atoms with Crippen molar-refractivity contribution in [2.75, 3.05) is 0 Å². The number of benzene rings is 1. The van der Waals surface area contributed by atoms with E-state index < -0.39 is 12.1 Å². The maximum absolute atomic E-state index is 11.3. The minimum atomic E-state index is -0.585. The molecule has 1 aliphatic heterocycles. The van der Waals surface area contributed by atoms with Gasteiger partial charge in [-0.1, -0.05) is 34.1 Å². The first-order chi connectivity index (χ1) is 6.68. The van der Waals surface area contributed by atoms with Crippen molar-refractivity contribution < 1.29 is 9.59 Å². The Morgan fingerprint density at radius 2 is 1.93 bits per heavy atom. The fraction of sp³-hybridized carbons (Fsp3) is 0.111. The second kappa shape index (κ2) is 3.42. The normalized spacial score (nSPS) is 20.5. The third-order valence-electron chi connectivity index (χ3n) is 1.99. The first-order valence-electron chi connectivity index (χ1n) is 4.04. The Labute approximate surface area is 88.8 Å². The summed E-state index contributed by atoms with van der Waals surface area (Å²) < 4.78 is 0.808. The fourth-order valence-electron chi connectivity index (χ4n) is 1.34. The molecule has 1 saturated heterocycles. The average molecular weight is 255 g/mol. The maximum atomic E-state index is 11.3. The Bertz CT molecular complexity index is 406. The predicted molar refractivity (Wildman–Crippen MR) is 53.6 cm³/mol. The Morgan fingerprint density at radius 3 is 2.50 bits per heavy atom. The zero-order valence-corrected chi connectivity index (χ0v) is 8.67. The van der Waals surface area contributed by atoms with Crippen LogP contribution in [0.4, 0.5) is 4.79 Å². The highest BCUT2D eigenvalue weighted by Gasteiger charge is 2.31. The fourth-order valence-corrected chi connectivity index (χ4v) is 1.86. The Kier molecular flexibility index (Phi) is 2.25. The molecule has 0 spiro atoms. The van der Waals surface area contributed by atoms with Gasteiger partial charge in [-0.05, 0) is 11.6 Å². The van der Waals surface area contributed by atoms with Crippen LogP contribution in [0.1, 0.15) is 11.6 Å². The summed E-state index contributed by atoms with van der Waals surface area (Å²) in [4.78, 5) is 22.2. The first-order valence-corrected chi connectivity index (χ1v) is 4.83. The molecule has 2 rings (SSSR count). The summed E-state index contributed by atoms with van der Waals surface area (Å²) >= 11 is 3.32. The molecule has 2 N–H and O–H groups in total. The van der Waals surface area contributed by atoms with Crippen molar-refractivity contribution in [3.63, 3.8) is 0 Å². The average Bonchev–Trinajstić information content (AvgIpc) is 2.46. The van der Waals surface area contributed by atoms with E-state index in [2.05, 4.69) is 26.6 Å². The zero-order chi connectivity index (χ0) is 10.1. The van der Waals surface area contributed by atoms with Gasteiger partial charge in [0.05, 0.1) is 0 Å². The van der Waals surface area contributed by atoms with Crippen molar-refractivity contribution >= 4 is 27.9 Å². The van der Waals surface area contributed by atoms with Crippen molar-refractivity contribution in [3.05, 3.63) is 34.3 Å². The van der Waals surface area contributed by atoms with Crippen LogP contribution in [0.25, 0.3) is 0 Å². The van der Waals surface area contributed by atoms with Gasteiger partial charge in [-0.2, -0.15) is 0 Å². The van der Waals surface area contributed by atoms with E-state index in [9.17, 15) is 9.59 Å². The van der Waals surface area contributed by atoms with E-state index in [-0.39, 0.29) is 5.91 Å². The standard InChI is InChI=1S/C9H7BrN2O2/c10-6-4-2-1-3-5(6)7-8(13)12-9(14)11-7/h1-4,7H,(H2,11,12,13,14)/t7-/m1/s1. The largest absolute Gasteiger partial charge is 0.322 e. The number of amides is 3. The minimum absolute atomic E-state index is 0.318. The quantitative estimate of drug-likeness (QED) is 0.744. The maximum Gasteiger partial charge on any atom is 0.322 e. The lowest BCUT2D eigenvalue weighted by Crippen LogP contribution is -2.22. The number of hydrogen-bond donors (Lipinski definition) is 2. The van der Waals surface area contributed by atoms with E-state index in [4.69, 9.17) is 0 Å². The number of imide groups is 1. The summed E-state index contributed by atoms with van der Waals surface area (Å²) in [5.41, 5.74) is 0.760. The van der Waals surface area contributed by atoms with E-state index in [0.717, 1.165) is 10.0 Å². The number of urea groups is 1. The van der Waals surface area contributed by atoms with Crippen LogP contribution in [0.15, 0.2) is 28.7 Å². The molecule has 14 heavy (non-hydrogen) atoms. The van der Waals surface area contributed by atoms with E-state index in [1.807, 2.05) is 18.2 Å². The van der Waals surface area contributed by atoms with Crippen molar-refractivity contribution in [2.24, 2.45) is 0 Å². The highest BCUT2D eigenvalue weighted by Crippen LogP contribution is 2.24. The number of carbonyl (C=O) groups excluding carboxylic acids is 2. The molecule has 1 atom stereocenters. The second-order valence-electron chi connectivity index (χ2n) is 2.92. The first kappa shape index (κ1) is 9.21. The summed E-state index contributed by atoms with van der Waals surface area (Å²) in [5.74, 6) is -0.318. The molecule has 0 saturated carbocycles. The lowest BCUT2D eigenvalue weighted by molar-refractivity contribution is -0.120. The number of hydrogen-bond acceptors (Lipinski definition) is 2. The third kappa shape index (κ3) is 1.50. The summed E-state index contributed by atoms with van der Waals surface area (Å²) in [7, 11) is 0. The highest BCUT2D eigenvalue weighted by atomic mass is 79.9. The van der Waals surface area contributed by atoms with E-state index in [1.54, 1.807) is 6.07 Å². The molecule has 0 aliphatic carbocycles. The van der Waals surface area contributed by atoms with Crippen LogP contribution in [0.2, 0.25) is 0 Å². The van der Waals surface area contributed by atoms with Crippen LogP contribution in [-0.4, -0.2) is 11.9 Å². The summed E-state index contributed by atoms with van der Waals surface area (Å²) in [5, 5.41) is 4.71. The number of halogens is 1. The molecule has 5 heteroatoms. The van der Waals surface area contributed by atoms with Gasteiger partial charge in [-0.25, -0.2) is 4.79 Å². The van der Waals surface area contributed by atoms with Crippen LogP contribution in [0.5, 0.6) is 0 Å². The van der Waals surface area contributed by atoms with Gasteiger partial charge in [0.25, 0.3) is 5.91 Å². The number of nitrogens with one attached hydrogen (secondary N) is 2. The minimum Gasteiger partial charge on any atom is -0.322 e. The van der Waals surface area contributed by atoms with Gasteiger partial charge in [-0.3, -0.25) is 10.1 Å². The van der Waals surface area contributed by atoms with E-state index in [1.165, 1.54) is 0 Å². The lowest BCUT2D eigenvalue weighted by atomic mass is 10.1. The van der Waals surface area contributed by atoms with E-state index >= 15 is 0 Å². The molecule has 0 aromatic heterocycles. The molecule has 1 aromatic rings. The Balaban J connectivity index is 2.36. The molecule has 4 nitrogen and oxygen atoms in total. The van der Waals surface area contributed by atoms with Gasteiger partial charge in [0.1, 0.15) is 6.04 Å². The molecule has 1 aliphatic rings. The molecule has 72 valence electrons. The van der Waals surface area contributed by atoms with Gasteiger partial charge in [0.15, 0.2) is 0 Å². The van der Waals surface area contributed by atoms with Gasteiger partial charge in [-0.15, -0.1) is 0 Å². The number of carbonyl (C=O) groups is 2. The Hall–Kier alpha value is -1.36. The molecule has 1 fully saturated rings. The highest BCUT2D eigenvalue weighted by molar-refractivity contribution is 9.10. The predicted octanol–water partition coefficient (Wildman–Crippen LogP) is 1.33. The van der Waals surface area contributed by atoms with Gasteiger partial charge >= 0.3 is 6.03 Å². The van der Waals surface area contributed by atoms with Gasteiger partial charge < -0.3 is 5.32 Å². The summed E-state index contributed by atoms with van der Waals surface area (Å²) in [6.07, 6.45) is 0. The molecule has 0 radical (unpaired) electrons. The Morgan fingerprint density at radius 1 is 1.21 bits per heavy atom. The third-order valence-corrected chi connectivity index (χ3v) is 2.71. The van der Waals surface area contributed by atoms with Gasteiger partial charge in [0.2, 0.25) is 0 Å². The molecule has 3 amide bonds. The lowest BCUT2D eigenvalue weighted by Gasteiger charge is -2.08. The second-order valence-corrected chi connectivity index (χ2v) is 3.77. The zero-order valence-electron chi connectivity index (χ0n) is 7.08. The molecule has 0 bridgehead atoms. The van der Waals surface area contributed by atoms with Crippen LogP contribution in [-0.2, 0) is 4.79 Å². The van der Waals surface area contributed by atoms with Crippen LogP contribution in [0.3, 0.4) is 0 Å². The van der Waals surface area contributed by atoms with Crippen molar-refractivity contribution in [1.29, 1.82) is 0 Å². The number of rotatable bonds is 1. The topological polar surface area (TPSA) is 58.2 Å². The molecular weight excluding hydrogens is 248 g/mol. The summed E-state index contributed by atoms with van der Waals surface area (Å²) in [6, 6.07) is 6.25. The molecule has 1 heterocycles. The van der Waals surface area contributed by atoms with Crippen LogP contribution >= 0.6 is 15.9 Å². The summed E-state index contributed by atoms with van der Waals surface area (Å²) in [6.45, 7) is 0. The molecule has 1 aromatic carbocycles. The van der Waals surface area contributed by atoms with Crippen molar-refractivity contribution in [3.8, 4) is 0 Å². The van der Waals surface area contributed by atoms with Crippen LogP contribution < -0.4 is 10.6 Å². The molecular formula is C9H7BrN2O2. The monoisotopic (exact) mass is 254 g/mol. The van der Waals surface area contributed by atoms with Crippen molar-refractivity contribution in [2.45, 2.75) is 6.04 Å². The van der Waals surface area contributed by atoms with E-state index in [0.29, 0.717) is 0 Å².